The zero-order chi connectivity index (χ0) is 35.0. The highest BCUT2D eigenvalue weighted by atomic mass is 16.5. The number of carbonyl (C=O) groups excluding carboxylic acids is 2. The van der Waals surface area contributed by atoms with Gasteiger partial charge in [0, 0.05) is 13.1 Å². The minimum Gasteiger partial charge on any atom is -0.486 e. The van der Waals surface area contributed by atoms with Crippen molar-refractivity contribution >= 4 is 33.4 Å². The zero-order valence-electron chi connectivity index (χ0n) is 28.3. The van der Waals surface area contributed by atoms with E-state index in [2.05, 4.69) is 48.5 Å². The first-order valence-corrected chi connectivity index (χ1v) is 17.6. The van der Waals surface area contributed by atoms with E-state index < -0.39 is 12.2 Å². The van der Waals surface area contributed by atoms with Gasteiger partial charge >= 0.3 is 0 Å². The lowest BCUT2D eigenvalue weighted by Crippen LogP contribution is -2.66. The van der Waals surface area contributed by atoms with Crippen LogP contribution in [0.5, 0.6) is 23.0 Å². The number of benzene rings is 6. The number of para-hydroxylation sites is 4. The fraction of sp³-hybridized carbons (Fsp3) is 0.182. The highest BCUT2D eigenvalue weighted by molar-refractivity contribution is 5.95. The van der Waals surface area contributed by atoms with Crippen LogP contribution in [0.2, 0.25) is 0 Å². The Morgan fingerprint density at radius 2 is 0.827 bits per heavy atom. The molecular weight excluding hydrogens is 652 g/mol. The molecule has 0 unspecified atom stereocenters. The molecule has 2 saturated heterocycles. The third kappa shape index (κ3) is 5.57. The molecule has 0 N–H and O–H groups in total. The van der Waals surface area contributed by atoms with Gasteiger partial charge in [0.1, 0.15) is 25.3 Å². The van der Waals surface area contributed by atoms with E-state index in [1.54, 1.807) is 0 Å². The van der Waals surface area contributed by atoms with Gasteiger partial charge in [0.05, 0.1) is 0 Å². The van der Waals surface area contributed by atoms with E-state index in [4.69, 9.17) is 18.9 Å². The molecule has 4 bridgehead atoms. The summed E-state index contributed by atoms with van der Waals surface area (Å²) in [6, 6.07) is 42.7. The van der Waals surface area contributed by atoms with Gasteiger partial charge in [-0.05, 0) is 69.1 Å². The molecule has 0 radical (unpaired) electrons. The molecule has 5 aliphatic heterocycles. The molecular formula is C44H36N2O6. The fourth-order valence-electron chi connectivity index (χ4n) is 7.68. The van der Waals surface area contributed by atoms with Crippen LogP contribution in [-0.2, 0) is 9.59 Å². The standard InChI is InChI=1S/C44H36N2O6/c47-43-41-39(33-19-11-15-29-13-1-3-17-31(29)33)45(43)25-26-46-40(34-20-12-16-30-14-2-4-18-32(30)34)42(44(46)48)52-38-24-8-6-22-36(38)50-28-10-9-27-49-35-21-5-7-23-37(35)51-41/h1-24,39-42H,25-28H2/b10-9+/t39-,40-,41+,42+/m1/s1. The van der Waals surface area contributed by atoms with Gasteiger partial charge in [-0.15, -0.1) is 0 Å². The lowest BCUT2D eigenvalue weighted by atomic mass is 9.86. The van der Waals surface area contributed by atoms with Crippen molar-refractivity contribution in [2.45, 2.75) is 24.3 Å². The Bertz CT molecular complexity index is 2160. The second-order valence-electron chi connectivity index (χ2n) is 13.2. The van der Waals surface area contributed by atoms with Crippen molar-refractivity contribution in [2.24, 2.45) is 0 Å². The summed E-state index contributed by atoms with van der Waals surface area (Å²) in [7, 11) is 0. The Morgan fingerprint density at radius 1 is 0.442 bits per heavy atom. The zero-order valence-corrected chi connectivity index (χ0v) is 28.3. The summed E-state index contributed by atoms with van der Waals surface area (Å²) in [5, 5.41) is 4.25. The van der Waals surface area contributed by atoms with E-state index in [9.17, 15) is 9.59 Å². The first-order valence-electron chi connectivity index (χ1n) is 17.6. The van der Waals surface area contributed by atoms with Gasteiger partial charge in [0.2, 0.25) is 12.2 Å². The van der Waals surface area contributed by atoms with Crippen LogP contribution in [0.3, 0.4) is 0 Å². The van der Waals surface area contributed by atoms with E-state index in [0.29, 0.717) is 36.1 Å². The summed E-state index contributed by atoms with van der Waals surface area (Å²) >= 11 is 0. The van der Waals surface area contributed by atoms with E-state index in [1.165, 1.54) is 0 Å². The van der Waals surface area contributed by atoms with Crippen molar-refractivity contribution in [3.63, 3.8) is 0 Å². The Balaban J connectivity index is 1.12. The fourth-order valence-corrected chi connectivity index (χ4v) is 7.68. The number of fused-ring (bicyclic) bond motifs is 2. The van der Waals surface area contributed by atoms with Gasteiger partial charge in [-0.25, -0.2) is 0 Å². The SMILES string of the molecule is O=C1[C@H]2Oc3ccccc3OC/C=C/COc3ccccc3O[C@@H]3C(=O)N(CCN1[C@@H]2c1cccc2ccccc12)[C@@H]3c1cccc2ccccc12. The maximum atomic E-state index is 14.1. The maximum Gasteiger partial charge on any atom is 0.266 e. The van der Waals surface area contributed by atoms with Crippen molar-refractivity contribution in [2.75, 3.05) is 26.3 Å². The molecule has 0 spiro atoms. The molecule has 52 heavy (non-hydrogen) atoms. The summed E-state index contributed by atoms with van der Waals surface area (Å²) in [6.07, 6.45) is 2.19. The molecule has 0 saturated carbocycles. The quantitative estimate of drug-likeness (QED) is 0.137. The summed E-state index contributed by atoms with van der Waals surface area (Å²) in [5.74, 6) is 1.78. The lowest BCUT2D eigenvalue weighted by Gasteiger charge is -2.51. The number of nitrogens with zero attached hydrogens (tertiary/aromatic N) is 2. The predicted molar refractivity (Wildman–Crippen MR) is 199 cm³/mol. The molecule has 4 atom stereocenters. The highest BCUT2D eigenvalue weighted by Crippen LogP contribution is 2.45. The van der Waals surface area contributed by atoms with Crippen LogP contribution in [-0.4, -0.2) is 60.1 Å². The van der Waals surface area contributed by atoms with Crippen LogP contribution < -0.4 is 18.9 Å². The average Bonchev–Trinajstić information content (AvgIpc) is 3.19. The van der Waals surface area contributed by atoms with Gasteiger partial charge < -0.3 is 28.7 Å². The Hall–Kier alpha value is -6.28. The largest absolute Gasteiger partial charge is 0.486 e. The van der Waals surface area contributed by atoms with Crippen molar-refractivity contribution in [3.8, 4) is 23.0 Å². The minimum atomic E-state index is -0.779. The monoisotopic (exact) mass is 688 g/mol. The van der Waals surface area contributed by atoms with Crippen LogP contribution in [0.15, 0.2) is 146 Å². The summed E-state index contributed by atoms with van der Waals surface area (Å²) < 4.78 is 25.3. The molecule has 2 amide bonds. The summed E-state index contributed by atoms with van der Waals surface area (Å²) in [6.45, 7) is 1.18. The number of hydrogen-bond donors (Lipinski definition) is 0. The highest BCUT2D eigenvalue weighted by Gasteiger charge is 2.54. The average molecular weight is 689 g/mol. The van der Waals surface area contributed by atoms with Crippen LogP contribution in [0.25, 0.3) is 21.5 Å². The molecule has 2 fully saturated rings. The second kappa shape index (κ2) is 13.5. The molecule has 6 aromatic rings. The van der Waals surface area contributed by atoms with Gasteiger partial charge in [-0.1, -0.05) is 109 Å². The Kier molecular flexibility index (Phi) is 8.20. The van der Waals surface area contributed by atoms with Crippen molar-refractivity contribution < 1.29 is 28.5 Å². The van der Waals surface area contributed by atoms with E-state index in [1.807, 2.05) is 107 Å². The molecule has 8 heteroatoms. The smallest absolute Gasteiger partial charge is 0.266 e. The Labute approximate surface area is 301 Å². The molecule has 5 heterocycles. The molecule has 0 aliphatic carbocycles. The number of carbonyl (C=O) groups is 2. The van der Waals surface area contributed by atoms with Crippen molar-refractivity contribution in [3.05, 3.63) is 157 Å². The predicted octanol–water partition coefficient (Wildman–Crippen LogP) is 7.68. The molecule has 6 aromatic carbocycles. The normalized spacial score (nSPS) is 22.3. The van der Waals surface area contributed by atoms with E-state index >= 15 is 0 Å². The second-order valence-corrected chi connectivity index (χ2v) is 13.2. The Morgan fingerprint density at radius 3 is 1.29 bits per heavy atom. The third-order valence-electron chi connectivity index (χ3n) is 10.2. The lowest BCUT2D eigenvalue weighted by molar-refractivity contribution is -0.172. The summed E-state index contributed by atoms with van der Waals surface area (Å²) in [5.41, 5.74) is 1.98. The maximum absolute atomic E-state index is 14.1. The van der Waals surface area contributed by atoms with E-state index in [0.717, 1.165) is 32.7 Å². The number of amides is 2. The van der Waals surface area contributed by atoms with Gasteiger partial charge in [-0.3, -0.25) is 9.59 Å². The number of rotatable bonds is 2. The van der Waals surface area contributed by atoms with Crippen LogP contribution >= 0.6 is 0 Å². The number of β-lactam (4-membered cyclic amide) rings is 2. The van der Waals surface area contributed by atoms with E-state index in [-0.39, 0.29) is 37.1 Å². The van der Waals surface area contributed by atoms with Crippen LogP contribution in [0.4, 0.5) is 0 Å². The van der Waals surface area contributed by atoms with Crippen molar-refractivity contribution in [1.29, 1.82) is 0 Å². The number of ether oxygens (including phenoxy) is 4. The summed E-state index contributed by atoms with van der Waals surface area (Å²) in [4.78, 5) is 32.0. The molecule has 5 aliphatic rings. The topological polar surface area (TPSA) is 77.5 Å². The van der Waals surface area contributed by atoms with Crippen molar-refractivity contribution in [1.82, 2.24) is 9.80 Å². The first-order chi connectivity index (χ1) is 25.7. The van der Waals surface area contributed by atoms with Gasteiger partial charge in [0.25, 0.3) is 11.8 Å². The molecule has 0 aromatic heterocycles. The molecule has 8 nitrogen and oxygen atoms in total. The van der Waals surface area contributed by atoms with Gasteiger partial charge in [0.15, 0.2) is 23.0 Å². The molecule has 11 rings (SSSR count). The van der Waals surface area contributed by atoms with Gasteiger partial charge in [-0.2, -0.15) is 0 Å². The minimum absolute atomic E-state index is 0.143. The van der Waals surface area contributed by atoms with Crippen LogP contribution in [0, 0.1) is 0 Å². The third-order valence-corrected chi connectivity index (χ3v) is 10.2. The molecule has 258 valence electrons. The number of hydrogen-bond acceptors (Lipinski definition) is 6. The van der Waals surface area contributed by atoms with Crippen LogP contribution in [0.1, 0.15) is 23.2 Å². The first kappa shape index (κ1) is 31.7.